The van der Waals surface area contributed by atoms with Crippen LogP contribution >= 0.6 is 0 Å². The summed E-state index contributed by atoms with van der Waals surface area (Å²) in [5.41, 5.74) is 4.92. The van der Waals surface area contributed by atoms with E-state index < -0.39 is 15.8 Å². The first-order valence-electron chi connectivity index (χ1n) is 11.4. The zero-order chi connectivity index (χ0) is 24.3. The molecule has 0 aliphatic carbocycles. The van der Waals surface area contributed by atoms with E-state index >= 15 is 0 Å². The molecular weight excluding hydrogens is 457 g/mol. The van der Waals surface area contributed by atoms with Gasteiger partial charge in [0.25, 0.3) is 10.0 Å². The Hall–Kier alpha value is -3.96. The molecule has 6 aromatic rings. The predicted octanol–water partition coefficient (Wildman–Crippen LogP) is 7.61. The Labute approximate surface area is 203 Å². The summed E-state index contributed by atoms with van der Waals surface area (Å²) in [6.07, 6.45) is 0. The summed E-state index contributed by atoms with van der Waals surface area (Å²) in [5, 5.41) is 3.19. The van der Waals surface area contributed by atoms with Crippen LogP contribution in [0.15, 0.2) is 102 Å². The molecule has 0 aliphatic rings. The lowest BCUT2D eigenvalue weighted by molar-refractivity contribution is 0.590. The topological polar surface area (TPSA) is 39.1 Å². The van der Waals surface area contributed by atoms with Gasteiger partial charge in [-0.25, -0.2) is 16.8 Å². The number of fused-ring (bicyclic) bond motifs is 4. The molecule has 0 bridgehead atoms. The van der Waals surface area contributed by atoms with Gasteiger partial charge in [0.15, 0.2) is 0 Å². The lowest BCUT2D eigenvalue weighted by Crippen LogP contribution is -2.12. The van der Waals surface area contributed by atoms with Gasteiger partial charge in [-0.1, -0.05) is 71.8 Å². The van der Waals surface area contributed by atoms with Crippen molar-refractivity contribution in [3.05, 3.63) is 114 Å². The van der Waals surface area contributed by atoms with E-state index in [4.69, 9.17) is 0 Å². The number of aryl methyl sites for hydroxylation is 2. The van der Waals surface area contributed by atoms with Gasteiger partial charge >= 0.3 is 0 Å². The van der Waals surface area contributed by atoms with Crippen molar-refractivity contribution in [2.75, 3.05) is 0 Å². The summed E-state index contributed by atoms with van der Waals surface area (Å²) in [4.78, 5) is 0.191. The van der Waals surface area contributed by atoms with Crippen LogP contribution in [0.4, 0.5) is 4.39 Å². The van der Waals surface area contributed by atoms with E-state index in [2.05, 4.69) is 0 Å². The molecule has 0 N–H and O–H groups in total. The minimum Gasteiger partial charge on any atom is -0.233 e. The molecule has 35 heavy (non-hydrogen) atoms. The van der Waals surface area contributed by atoms with Crippen molar-refractivity contribution in [2.24, 2.45) is 0 Å². The van der Waals surface area contributed by atoms with Crippen molar-refractivity contribution in [1.82, 2.24) is 3.97 Å². The number of aromatic nitrogens is 1. The molecule has 0 aliphatic heterocycles. The molecule has 0 saturated heterocycles. The van der Waals surface area contributed by atoms with Gasteiger partial charge in [-0.3, -0.25) is 0 Å². The van der Waals surface area contributed by atoms with Crippen molar-refractivity contribution >= 4 is 42.6 Å². The van der Waals surface area contributed by atoms with Crippen LogP contribution in [0, 0.1) is 19.7 Å². The molecule has 3 nitrogen and oxygen atoms in total. The quantitative estimate of drug-likeness (QED) is 0.262. The van der Waals surface area contributed by atoms with Gasteiger partial charge in [0.05, 0.1) is 15.9 Å². The molecule has 0 unspecified atom stereocenters. The fraction of sp³-hybridized carbons (Fsp3) is 0.0667. The normalized spacial score (nSPS) is 12.1. The molecule has 0 atom stereocenters. The van der Waals surface area contributed by atoms with Crippen LogP contribution in [0.5, 0.6) is 0 Å². The second-order valence-corrected chi connectivity index (χ2v) is 10.8. The van der Waals surface area contributed by atoms with Gasteiger partial charge in [0.2, 0.25) is 0 Å². The van der Waals surface area contributed by atoms with Crippen LogP contribution in [0.3, 0.4) is 0 Å². The van der Waals surface area contributed by atoms with Gasteiger partial charge in [-0.05, 0) is 72.1 Å². The lowest BCUT2D eigenvalue weighted by atomic mass is 9.93. The van der Waals surface area contributed by atoms with E-state index in [1.807, 2.05) is 68.4 Å². The van der Waals surface area contributed by atoms with E-state index in [0.717, 1.165) is 38.4 Å². The van der Waals surface area contributed by atoms with Crippen LogP contribution in [-0.4, -0.2) is 12.4 Å². The Morgan fingerprint density at radius 1 is 0.686 bits per heavy atom. The van der Waals surface area contributed by atoms with Crippen LogP contribution in [0.25, 0.3) is 43.7 Å². The Morgan fingerprint density at radius 3 is 2.06 bits per heavy atom. The first kappa shape index (κ1) is 21.6. The van der Waals surface area contributed by atoms with E-state index in [0.29, 0.717) is 16.4 Å². The average molecular weight is 480 g/mol. The molecule has 1 aromatic heterocycles. The molecule has 0 spiro atoms. The number of halogens is 1. The fourth-order valence-electron chi connectivity index (χ4n) is 4.88. The molecule has 0 fully saturated rings. The zero-order valence-corrected chi connectivity index (χ0v) is 20.1. The molecule has 0 radical (unpaired) electrons. The largest absolute Gasteiger partial charge is 0.268 e. The number of nitrogens with zero attached hydrogens (tertiary/aromatic N) is 1. The third kappa shape index (κ3) is 3.34. The van der Waals surface area contributed by atoms with E-state index in [-0.39, 0.29) is 4.90 Å². The van der Waals surface area contributed by atoms with Gasteiger partial charge in [-0.2, -0.15) is 0 Å². The van der Waals surface area contributed by atoms with Crippen molar-refractivity contribution in [2.45, 2.75) is 18.7 Å². The molecule has 172 valence electrons. The summed E-state index contributed by atoms with van der Waals surface area (Å²) >= 11 is 0. The second kappa shape index (κ2) is 7.79. The molecule has 5 aromatic carbocycles. The summed E-state index contributed by atoms with van der Waals surface area (Å²) in [7, 11) is -3.96. The van der Waals surface area contributed by atoms with Crippen LogP contribution in [0.1, 0.15) is 11.1 Å². The first-order valence-corrected chi connectivity index (χ1v) is 12.8. The Balaban J connectivity index is 1.85. The maximum absolute atomic E-state index is 14.6. The number of hydrogen-bond acceptors (Lipinski definition) is 2. The highest BCUT2D eigenvalue weighted by Crippen LogP contribution is 2.43. The Morgan fingerprint density at radius 2 is 1.34 bits per heavy atom. The highest BCUT2D eigenvalue weighted by Gasteiger charge is 2.26. The van der Waals surface area contributed by atoms with Crippen LogP contribution < -0.4 is 0 Å². The fourth-order valence-corrected chi connectivity index (χ4v) is 6.39. The Kier molecular flexibility index (Phi) is 4.80. The third-order valence-electron chi connectivity index (χ3n) is 6.59. The lowest BCUT2D eigenvalue weighted by Gasteiger charge is -2.13. The molecule has 5 heteroatoms. The minimum absolute atomic E-state index is 0.191. The predicted molar refractivity (Wildman–Crippen MR) is 141 cm³/mol. The monoisotopic (exact) mass is 479 g/mol. The van der Waals surface area contributed by atoms with E-state index in [1.54, 1.807) is 30.3 Å². The SMILES string of the molecule is Cc1ccc(-c2c3ccccc3cc3c2c2cc(F)ccc2n3S(=O)(=O)c2ccc(C)cc2)cc1. The summed E-state index contributed by atoms with van der Waals surface area (Å²) in [5.74, 6) is -0.410. The average Bonchev–Trinajstić information content (AvgIpc) is 3.17. The van der Waals surface area contributed by atoms with Crippen molar-refractivity contribution in [1.29, 1.82) is 0 Å². The second-order valence-electron chi connectivity index (χ2n) is 8.98. The van der Waals surface area contributed by atoms with Gasteiger partial charge in [-0.15, -0.1) is 0 Å². The maximum Gasteiger partial charge on any atom is 0.268 e. The van der Waals surface area contributed by atoms with Gasteiger partial charge < -0.3 is 0 Å². The summed E-state index contributed by atoms with van der Waals surface area (Å²) in [6.45, 7) is 3.94. The molecule has 1 heterocycles. The first-order chi connectivity index (χ1) is 16.8. The minimum atomic E-state index is -3.96. The zero-order valence-electron chi connectivity index (χ0n) is 19.3. The molecule has 6 rings (SSSR count). The number of hydrogen-bond donors (Lipinski definition) is 0. The smallest absolute Gasteiger partial charge is 0.233 e. The van der Waals surface area contributed by atoms with Crippen LogP contribution in [0.2, 0.25) is 0 Å². The highest BCUT2D eigenvalue weighted by molar-refractivity contribution is 7.90. The van der Waals surface area contributed by atoms with Crippen molar-refractivity contribution < 1.29 is 12.8 Å². The molecule has 0 amide bonds. The summed E-state index contributed by atoms with van der Waals surface area (Å²) < 4.78 is 44.0. The number of benzene rings is 5. The Bertz CT molecular complexity index is 1870. The molecule has 0 saturated carbocycles. The van der Waals surface area contributed by atoms with Crippen molar-refractivity contribution in [3.63, 3.8) is 0 Å². The van der Waals surface area contributed by atoms with Gasteiger partial charge in [0.1, 0.15) is 5.82 Å². The number of rotatable bonds is 3. The maximum atomic E-state index is 14.6. The van der Waals surface area contributed by atoms with Gasteiger partial charge in [0, 0.05) is 10.8 Å². The van der Waals surface area contributed by atoms with E-state index in [9.17, 15) is 12.8 Å². The highest BCUT2D eigenvalue weighted by atomic mass is 32.2. The van der Waals surface area contributed by atoms with Crippen molar-refractivity contribution in [3.8, 4) is 11.1 Å². The summed E-state index contributed by atoms with van der Waals surface area (Å²) in [6, 6.07) is 29.1. The van der Waals surface area contributed by atoms with Crippen LogP contribution in [-0.2, 0) is 10.0 Å². The third-order valence-corrected chi connectivity index (χ3v) is 8.34. The molecular formula is C30H22FNO2S. The standard InChI is InChI=1S/C30H22FNO2S/c1-19-7-11-21(12-8-19)29-25-6-4-3-5-22(25)17-28-30(29)26-18-23(31)13-16-27(26)32(28)35(33,34)24-14-9-20(2)10-15-24/h3-18H,1-2H3. The van der Waals surface area contributed by atoms with E-state index in [1.165, 1.54) is 16.1 Å².